The SMILES string of the molecule is CNC1(C(N)=O)CCN(C(=O)OC(C)(C)C)C1. The minimum Gasteiger partial charge on any atom is -0.444 e. The number of nitrogens with two attached hydrogens (primary N) is 1. The van der Waals surface area contributed by atoms with Gasteiger partial charge in [0, 0.05) is 6.54 Å². The third-order valence-electron chi connectivity index (χ3n) is 2.87. The van der Waals surface area contributed by atoms with Crippen LogP contribution in [0.2, 0.25) is 0 Å². The summed E-state index contributed by atoms with van der Waals surface area (Å²) in [6.07, 6.45) is 0.105. The van der Waals surface area contributed by atoms with Gasteiger partial charge in [0.2, 0.25) is 5.91 Å². The Morgan fingerprint density at radius 1 is 1.41 bits per heavy atom. The molecule has 1 unspecified atom stereocenters. The zero-order valence-corrected chi connectivity index (χ0v) is 10.9. The van der Waals surface area contributed by atoms with Crippen molar-refractivity contribution in [3.63, 3.8) is 0 Å². The molecular formula is C11H21N3O3. The summed E-state index contributed by atoms with van der Waals surface area (Å²) in [6.45, 7) is 6.15. The van der Waals surface area contributed by atoms with Crippen molar-refractivity contribution in [1.82, 2.24) is 10.2 Å². The number of amides is 2. The van der Waals surface area contributed by atoms with E-state index in [2.05, 4.69) is 5.32 Å². The van der Waals surface area contributed by atoms with E-state index in [0.29, 0.717) is 13.0 Å². The molecule has 0 aromatic carbocycles. The standard InChI is InChI=1S/C11H21N3O3/c1-10(2,3)17-9(16)14-6-5-11(7-14,13-4)8(12)15/h13H,5-7H2,1-4H3,(H2,12,15). The number of nitrogens with zero attached hydrogens (tertiary/aromatic N) is 1. The smallest absolute Gasteiger partial charge is 0.410 e. The first-order valence-corrected chi connectivity index (χ1v) is 5.67. The van der Waals surface area contributed by atoms with Gasteiger partial charge >= 0.3 is 6.09 Å². The minimum atomic E-state index is -0.823. The number of likely N-dealkylation sites (tertiary alicyclic amines) is 1. The zero-order valence-electron chi connectivity index (χ0n) is 10.9. The number of primary amides is 1. The Hall–Kier alpha value is -1.30. The molecule has 1 aliphatic heterocycles. The van der Waals surface area contributed by atoms with Gasteiger partial charge in [0.05, 0.1) is 6.54 Å². The zero-order chi connectivity index (χ0) is 13.3. The molecule has 1 rings (SSSR count). The first-order valence-electron chi connectivity index (χ1n) is 5.67. The largest absolute Gasteiger partial charge is 0.444 e. The normalized spacial score (nSPS) is 24.8. The van der Waals surface area contributed by atoms with Gasteiger partial charge in [-0.1, -0.05) is 0 Å². The van der Waals surface area contributed by atoms with Crippen molar-refractivity contribution in [2.75, 3.05) is 20.1 Å². The Morgan fingerprint density at radius 3 is 2.35 bits per heavy atom. The van der Waals surface area contributed by atoms with E-state index in [-0.39, 0.29) is 6.54 Å². The number of ether oxygens (including phenoxy) is 1. The van der Waals surface area contributed by atoms with E-state index < -0.39 is 23.1 Å². The van der Waals surface area contributed by atoms with Gasteiger partial charge < -0.3 is 20.7 Å². The van der Waals surface area contributed by atoms with Crippen molar-refractivity contribution in [3.05, 3.63) is 0 Å². The topological polar surface area (TPSA) is 84.7 Å². The number of nitrogens with one attached hydrogen (secondary N) is 1. The molecule has 0 aliphatic carbocycles. The Bertz CT molecular complexity index is 324. The maximum atomic E-state index is 11.8. The Labute approximate surface area is 101 Å². The van der Waals surface area contributed by atoms with Crippen molar-refractivity contribution >= 4 is 12.0 Å². The van der Waals surface area contributed by atoms with Gasteiger partial charge in [-0.25, -0.2) is 4.79 Å². The first-order chi connectivity index (χ1) is 7.70. The summed E-state index contributed by atoms with van der Waals surface area (Å²) >= 11 is 0. The molecule has 0 aromatic heterocycles. The molecule has 98 valence electrons. The second-order valence-electron chi connectivity index (χ2n) is 5.35. The van der Waals surface area contributed by atoms with Crippen LogP contribution < -0.4 is 11.1 Å². The summed E-state index contributed by atoms with van der Waals surface area (Å²) in [6, 6.07) is 0. The summed E-state index contributed by atoms with van der Waals surface area (Å²) in [4.78, 5) is 24.7. The highest BCUT2D eigenvalue weighted by atomic mass is 16.6. The van der Waals surface area contributed by atoms with E-state index in [1.807, 2.05) is 0 Å². The maximum Gasteiger partial charge on any atom is 0.410 e. The van der Waals surface area contributed by atoms with Gasteiger partial charge in [-0.2, -0.15) is 0 Å². The maximum absolute atomic E-state index is 11.8. The summed E-state index contributed by atoms with van der Waals surface area (Å²) in [7, 11) is 1.67. The highest BCUT2D eigenvalue weighted by Crippen LogP contribution is 2.22. The molecule has 0 aromatic rings. The molecule has 0 saturated carbocycles. The van der Waals surface area contributed by atoms with Gasteiger partial charge in [-0.05, 0) is 34.2 Å². The van der Waals surface area contributed by atoms with E-state index in [4.69, 9.17) is 10.5 Å². The number of likely N-dealkylation sites (N-methyl/N-ethyl adjacent to an activating group) is 1. The van der Waals surface area contributed by atoms with E-state index in [9.17, 15) is 9.59 Å². The average Bonchev–Trinajstić information content (AvgIpc) is 2.60. The highest BCUT2D eigenvalue weighted by Gasteiger charge is 2.44. The van der Waals surface area contributed by atoms with Crippen LogP contribution in [-0.4, -0.2) is 48.2 Å². The summed E-state index contributed by atoms with van der Waals surface area (Å²) < 4.78 is 5.25. The molecule has 1 atom stereocenters. The molecule has 1 heterocycles. The van der Waals surface area contributed by atoms with Crippen LogP contribution in [-0.2, 0) is 9.53 Å². The summed E-state index contributed by atoms with van der Waals surface area (Å²) in [5.74, 6) is -0.439. The quantitative estimate of drug-likeness (QED) is 0.719. The third-order valence-corrected chi connectivity index (χ3v) is 2.87. The van der Waals surface area contributed by atoms with Gasteiger partial charge in [0.15, 0.2) is 0 Å². The third kappa shape index (κ3) is 3.09. The van der Waals surface area contributed by atoms with Crippen LogP contribution in [0.4, 0.5) is 4.79 Å². The molecular weight excluding hydrogens is 222 g/mol. The average molecular weight is 243 g/mol. The number of carbonyl (C=O) groups excluding carboxylic acids is 2. The lowest BCUT2D eigenvalue weighted by atomic mass is 9.98. The molecule has 1 fully saturated rings. The highest BCUT2D eigenvalue weighted by molar-refractivity contribution is 5.86. The van der Waals surface area contributed by atoms with Crippen LogP contribution >= 0.6 is 0 Å². The molecule has 6 heteroatoms. The molecule has 2 amide bonds. The fourth-order valence-electron chi connectivity index (χ4n) is 1.82. The molecule has 0 bridgehead atoms. The second-order valence-corrected chi connectivity index (χ2v) is 5.35. The van der Waals surface area contributed by atoms with Crippen molar-refractivity contribution < 1.29 is 14.3 Å². The summed E-state index contributed by atoms with van der Waals surface area (Å²) in [5, 5.41) is 2.90. The van der Waals surface area contributed by atoms with Crippen molar-refractivity contribution in [3.8, 4) is 0 Å². The lowest BCUT2D eigenvalue weighted by Crippen LogP contribution is -2.56. The van der Waals surface area contributed by atoms with E-state index >= 15 is 0 Å². The monoisotopic (exact) mass is 243 g/mol. The molecule has 17 heavy (non-hydrogen) atoms. The van der Waals surface area contributed by atoms with Gasteiger partial charge in [-0.3, -0.25) is 4.79 Å². The van der Waals surface area contributed by atoms with Crippen LogP contribution in [0.5, 0.6) is 0 Å². The molecule has 3 N–H and O–H groups in total. The van der Waals surface area contributed by atoms with Crippen molar-refractivity contribution in [2.45, 2.75) is 38.3 Å². The van der Waals surface area contributed by atoms with E-state index in [1.54, 1.807) is 27.8 Å². The first kappa shape index (κ1) is 13.8. The number of rotatable bonds is 2. The number of carbonyl (C=O) groups is 2. The van der Waals surface area contributed by atoms with Gasteiger partial charge in [0.1, 0.15) is 11.1 Å². The van der Waals surface area contributed by atoms with E-state index in [1.165, 1.54) is 4.90 Å². The lowest BCUT2D eigenvalue weighted by Gasteiger charge is -2.27. The van der Waals surface area contributed by atoms with E-state index in [0.717, 1.165) is 0 Å². The van der Waals surface area contributed by atoms with Gasteiger partial charge in [-0.15, -0.1) is 0 Å². The molecule has 1 saturated heterocycles. The fourth-order valence-corrected chi connectivity index (χ4v) is 1.82. The molecule has 0 spiro atoms. The Balaban J connectivity index is 2.67. The lowest BCUT2D eigenvalue weighted by molar-refractivity contribution is -0.123. The van der Waals surface area contributed by atoms with Gasteiger partial charge in [0.25, 0.3) is 0 Å². The molecule has 1 aliphatic rings. The van der Waals surface area contributed by atoms with Crippen LogP contribution in [0.25, 0.3) is 0 Å². The minimum absolute atomic E-state index is 0.258. The fraction of sp³-hybridized carbons (Fsp3) is 0.818. The van der Waals surface area contributed by atoms with Crippen LogP contribution in [0.3, 0.4) is 0 Å². The Morgan fingerprint density at radius 2 is 2.00 bits per heavy atom. The predicted molar refractivity (Wildman–Crippen MR) is 63.4 cm³/mol. The number of hydrogen-bond donors (Lipinski definition) is 2. The summed E-state index contributed by atoms with van der Waals surface area (Å²) in [5.41, 5.74) is 4.00. The molecule has 6 nitrogen and oxygen atoms in total. The molecule has 0 radical (unpaired) electrons. The van der Waals surface area contributed by atoms with Crippen LogP contribution in [0, 0.1) is 0 Å². The van der Waals surface area contributed by atoms with Crippen molar-refractivity contribution in [1.29, 1.82) is 0 Å². The Kier molecular flexibility index (Phi) is 3.66. The number of hydrogen-bond acceptors (Lipinski definition) is 4. The van der Waals surface area contributed by atoms with Crippen LogP contribution in [0.1, 0.15) is 27.2 Å². The second kappa shape index (κ2) is 4.52. The predicted octanol–water partition coefficient (Wildman–Crippen LogP) is 0.0707. The van der Waals surface area contributed by atoms with Crippen molar-refractivity contribution in [2.24, 2.45) is 5.73 Å². The van der Waals surface area contributed by atoms with Crippen LogP contribution in [0.15, 0.2) is 0 Å².